The highest BCUT2D eigenvalue weighted by molar-refractivity contribution is 6.46. The maximum Gasteiger partial charge on any atom is 0.295 e. The molecule has 1 fully saturated rings. The van der Waals surface area contributed by atoms with Gasteiger partial charge in [0.25, 0.3) is 11.7 Å². The molecule has 9 heteroatoms. The first kappa shape index (κ1) is 22.2. The quantitative estimate of drug-likeness (QED) is 0.335. The minimum absolute atomic E-state index is 0.00567. The summed E-state index contributed by atoms with van der Waals surface area (Å²) in [6.45, 7) is 0.722. The molecular weight excluding hydrogens is 432 g/mol. The Morgan fingerprint density at radius 3 is 2.64 bits per heavy atom. The number of halogens is 2. The zero-order chi connectivity index (χ0) is 23.5. The predicted octanol–water partition coefficient (Wildman–Crippen LogP) is 3.68. The first-order chi connectivity index (χ1) is 15.9. The number of aliphatic hydroxyl groups excluding tert-OH is 1. The average molecular weight is 453 g/mol. The lowest BCUT2D eigenvalue weighted by molar-refractivity contribution is -0.139. The summed E-state index contributed by atoms with van der Waals surface area (Å²) in [4.78, 5) is 31.1. The van der Waals surface area contributed by atoms with Crippen LogP contribution in [0.15, 0.2) is 66.8 Å². The Kier molecular flexibility index (Phi) is 6.21. The van der Waals surface area contributed by atoms with Crippen LogP contribution in [0.25, 0.3) is 5.76 Å². The number of ketones is 1. The van der Waals surface area contributed by atoms with Crippen LogP contribution in [0, 0.1) is 11.6 Å². The molecule has 0 aliphatic carbocycles. The highest BCUT2D eigenvalue weighted by Crippen LogP contribution is 2.40. The van der Waals surface area contributed by atoms with E-state index in [1.54, 1.807) is 24.8 Å². The number of imidazole rings is 1. The maximum atomic E-state index is 14.2. The number of nitrogens with zero attached hydrogens (tertiary/aromatic N) is 3. The summed E-state index contributed by atoms with van der Waals surface area (Å²) in [5.41, 5.74) is 0.108. The molecule has 0 spiro atoms. The molecule has 170 valence electrons. The van der Waals surface area contributed by atoms with Crippen molar-refractivity contribution in [2.24, 2.45) is 0 Å². The van der Waals surface area contributed by atoms with Crippen LogP contribution in [0.3, 0.4) is 0 Å². The van der Waals surface area contributed by atoms with E-state index in [0.29, 0.717) is 18.5 Å². The van der Waals surface area contributed by atoms with Gasteiger partial charge in [0.2, 0.25) is 0 Å². The summed E-state index contributed by atoms with van der Waals surface area (Å²) in [6, 6.07) is 8.18. The Morgan fingerprint density at radius 2 is 1.97 bits per heavy atom. The largest absolute Gasteiger partial charge is 0.507 e. The van der Waals surface area contributed by atoms with Crippen molar-refractivity contribution in [2.45, 2.75) is 19.0 Å². The smallest absolute Gasteiger partial charge is 0.295 e. The number of carbonyl (C=O) groups excluding carboxylic acids is 2. The Balaban J connectivity index is 1.75. The number of Topliss-reactive ketones (excluding diaryl/α,β-unsaturated/α-hetero) is 1. The fourth-order valence-corrected chi connectivity index (χ4v) is 3.95. The molecule has 1 aliphatic heterocycles. The first-order valence-corrected chi connectivity index (χ1v) is 10.2. The van der Waals surface area contributed by atoms with Crippen LogP contribution >= 0.6 is 0 Å². The van der Waals surface area contributed by atoms with Crippen LogP contribution in [-0.2, 0) is 16.1 Å². The fraction of sp³-hybridized carbons (Fsp3) is 0.208. The Hall–Kier alpha value is -4.01. The molecule has 1 atom stereocenters. The number of likely N-dealkylation sites (tertiary alicyclic amines) is 1. The van der Waals surface area contributed by atoms with Gasteiger partial charge in [0.15, 0.2) is 11.6 Å². The van der Waals surface area contributed by atoms with E-state index < -0.39 is 35.1 Å². The monoisotopic (exact) mass is 453 g/mol. The van der Waals surface area contributed by atoms with Crippen LogP contribution < -0.4 is 4.74 Å². The van der Waals surface area contributed by atoms with Crippen molar-refractivity contribution in [1.82, 2.24) is 14.5 Å². The van der Waals surface area contributed by atoms with Crippen molar-refractivity contribution >= 4 is 17.4 Å². The molecule has 33 heavy (non-hydrogen) atoms. The van der Waals surface area contributed by atoms with Gasteiger partial charge in [0.05, 0.1) is 25.1 Å². The molecule has 7 nitrogen and oxygen atoms in total. The molecular formula is C24H21F2N3O4. The number of amides is 1. The van der Waals surface area contributed by atoms with Gasteiger partial charge in [-0.1, -0.05) is 12.1 Å². The van der Waals surface area contributed by atoms with Crippen molar-refractivity contribution in [1.29, 1.82) is 0 Å². The molecule has 1 aliphatic rings. The zero-order valence-electron chi connectivity index (χ0n) is 17.7. The van der Waals surface area contributed by atoms with E-state index in [4.69, 9.17) is 4.74 Å². The lowest BCUT2D eigenvalue weighted by Crippen LogP contribution is -2.31. The number of aliphatic hydroxyl groups is 1. The van der Waals surface area contributed by atoms with Gasteiger partial charge in [0.1, 0.15) is 11.6 Å². The zero-order valence-corrected chi connectivity index (χ0v) is 17.7. The fourth-order valence-electron chi connectivity index (χ4n) is 3.95. The normalized spacial score (nSPS) is 17.5. The SMILES string of the molecule is COc1ccc(C(O)=C2C(=O)C(=O)N(CCCn3ccnc3)[C@H]2c2cccc(F)c2)cc1F. The van der Waals surface area contributed by atoms with E-state index in [2.05, 4.69) is 4.98 Å². The minimum Gasteiger partial charge on any atom is -0.507 e. The number of rotatable bonds is 7. The predicted molar refractivity (Wildman–Crippen MR) is 115 cm³/mol. The lowest BCUT2D eigenvalue weighted by Gasteiger charge is -2.25. The lowest BCUT2D eigenvalue weighted by atomic mass is 9.95. The van der Waals surface area contributed by atoms with Gasteiger partial charge in [-0.25, -0.2) is 13.8 Å². The van der Waals surface area contributed by atoms with Crippen LogP contribution in [0.1, 0.15) is 23.6 Å². The molecule has 0 radical (unpaired) electrons. The van der Waals surface area contributed by atoms with E-state index in [1.807, 2.05) is 4.57 Å². The summed E-state index contributed by atoms with van der Waals surface area (Å²) in [5.74, 6) is -3.59. The standard InChI is InChI=1S/C24H21F2N3O4/c1-33-19-7-6-16(13-18(19)26)22(30)20-21(15-4-2-5-17(25)12-15)29(24(32)23(20)31)10-3-9-28-11-8-27-14-28/h2,4-8,11-14,21,30H,3,9-10H2,1H3/t21-/m0/s1. The summed E-state index contributed by atoms with van der Waals surface area (Å²) in [7, 11) is 1.30. The Morgan fingerprint density at radius 1 is 1.15 bits per heavy atom. The molecule has 2 heterocycles. The first-order valence-electron chi connectivity index (χ1n) is 10.2. The van der Waals surface area contributed by atoms with Gasteiger partial charge in [-0.3, -0.25) is 9.59 Å². The Bertz CT molecular complexity index is 1220. The third kappa shape index (κ3) is 4.34. The van der Waals surface area contributed by atoms with E-state index in [-0.39, 0.29) is 23.4 Å². The van der Waals surface area contributed by atoms with Gasteiger partial charge in [-0.05, 0) is 42.3 Å². The van der Waals surface area contributed by atoms with Crippen molar-refractivity contribution in [3.63, 3.8) is 0 Å². The maximum absolute atomic E-state index is 14.2. The summed E-state index contributed by atoms with van der Waals surface area (Å²) in [5, 5.41) is 11.0. The minimum atomic E-state index is -1.02. The summed E-state index contributed by atoms with van der Waals surface area (Å²) < 4.78 is 35.0. The van der Waals surface area contributed by atoms with Gasteiger partial charge in [-0.15, -0.1) is 0 Å². The van der Waals surface area contributed by atoms with E-state index in [9.17, 15) is 23.5 Å². The average Bonchev–Trinajstić information content (AvgIpc) is 3.41. The van der Waals surface area contributed by atoms with Crippen LogP contribution in [0.5, 0.6) is 5.75 Å². The summed E-state index contributed by atoms with van der Waals surface area (Å²) in [6.07, 6.45) is 5.53. The van der Waals surface area contributed by atoms with E-state index in [0.717, 1.165) is 6.07 Å². The number of hydrogen-bond donors (Lipinski definition) is 1. The van der Waals surface area contributed by atoms with E-state index in [1.165, 1.54) is 42.3 Å². The van der Waals surface area contributed by atoms with Crippen LogP contribution in [-0.4, -0.2) is 44.9 Å². The highest BCUT2D eigenvalue weighted by Gasteiger charge is 2.45. The Labute approximate surface area is 188 Å². The van der Waals surface area contributed by atoms with E-state index >= 15 is 0 Å². The molecule has 1 amide bonds. The second-order valence-electron chi connectivity index (χ2n) is 7.55. The van der Waals surface area contributed by atoms with Crippen LogP contribution in [0.4, 0.5) is 8.78 Å². The summed E-state index contributed by atoms with van der Waals surface area (Å²) >= 11 is 0. The third-order valence-electron chi connectivity index (χ3n) is 5.50. The molecule has 0 unspecified atom stereocenters. The van der Waals surface area contributed by atoms with Gasteiger partial charge < -0.3 is 19.3 Å². The number of aromatic nitrogens is 2. The number of methoxy groups -OCH3 is 1. The van der Waals surface area contributed by atoms with Crippen LogP contribution in [0.2, 0.25) is 0 Å². The second kappa shape index (κ2) is 9.23. The van der Waals surface area contributed by atoms with Gasteiger partial charge in [-0.2, -0.15) is 0 Å². The molecule has 0 saturated carbocycles. The molecule has 1 saturated heterocycles. The van der Waals surface area contributed by atoms with Crippen molar-refractivity contribution < 1.29 is 28.2 Å². The number of benzene rings is 2. The number of aryl methyl sites for hydroxylation is 1. The molecule has 3 aromatic rings. The molecule has 1 N–H and O–H groups in total. The van der Waals surface area contributed by atoms with Crippen molar-refractivity contribution in [2.75, 3.05) is 13.7 Å². The van der Waals surface area contributed by atoms with Crippen molar-refractivity contribution in [3.8, 4) is 5.75 Å². The molecule has 4 rings (SSSR count). The highest BCUT2D eigenvalue weighted by atomic mass is 19.1. The third-order valence-corrected chi connectivity index (χ3v) is 5.50. The van der Waals surface area contributed by atoms with Gasteiger partial charge in [0, 0.05) is 31.0 Å². The number of carbonyl (C=O) groups is 2. The topological polar surface area (TPSA) is 84.7 Å². The molecule has 0 bridgehead atoms. The molecule has 1 aromatic heterocycles. The molecule has 2 aromatic carbocycles. The second-order valence-corrected chi connectivity index (χ2v) is 7.55. The number of ether oxygens (including phenoxy) is 1. The van der Waals surface area contributed by atoms with Gasteiger partial charge >= 0.3 is 0 Å². The van der Waals surface area contributed by atoms with Crippen molar-refractivity contribution in [3.05, 3.63) is 89.5 Å². The number of hydrogen-bond acceptors (Lipinski definition) is 5.